The SMILES string of the molecule is CC1=C(C(=O)Nc2cccc(Cl)c2)C2(CCCCCC2)OC1=O. The molecule has 2 aliphatic rings. The van der Waals surface area contributed by atoms with Gasteiger partial charge in [-0.25, -0.2) is 4.79 Å². The molecule has 1 aliphatic carbocycles. The molecule has 0 bridgehead atoms. The second kappa shape index (κ2) is 6.36. The summed E-state index contributed by atoms with van der Waals surface area (Å²) >= 11 is 5.96. The van der Waals surface area contributed by atoms with Crippen LogP contribution in [-0.2, 0) is 14.3 Å². The molecule has 0 aromatic heterocycles. The summed E-state index contributed by atoms with van der Waals surface area (Å²) in [5.41, 5.74) is 0.780. The van der Waals surface area contributed by atoms with Gasteiger partial charge in [-0.15, -0.1) is 0 Å². The molecule has 1 aromatic carbocycles. The molecule has 1 amide bonds. The average Bonchev–Trinajstić information content (AvgIpc) is 2.65. The topological polar surface area (TPSA) is 55.4 Å². The van der Waals surface area contributed by atoms with Crippen LogP contribution < -0.4 is 5.32 Å². The van der Waals surface area contributed by atoms with E-state index in [1.165, 1.54) is 0 Å². The number of ether oxygens (including phenoxy) is 1. The maximum Gasteiger partial charge on any atom is 0.335 e. The normalized spacial score (nSPS) is 20.3. The molecule has 0 saturated heterocycles. The first-order valence-electron chi connectivity index (χ1n) is 8.03. The Kier molecular flexibility index (Phi) is 4.44. The lowest BCUT2D eigenvalue weighted by molar-refractivity contribution is -0.148. The first-order valence-corrected chi connectivity index (χ1v) is 8.41. The van der Waals surface area contributed by atoms with Crippen LogP contribution in [0.2, 0.25) is 5.02 Å². The van der Waals surface area contributed by atoms with E-state index in [0.717, 1.165) is 25.7 Å². The number of rotatable bonds is 2. The van der Waals surface area contributed by atoms with Crippen molar-refractivity contribution in [2.24, 2.45) is 0 Å². The predicted molar refractivity (Wildman–Crippen MR) is 89.3 cm³/mol. The van der Waals surface area contributed by atoms with Crippen LogP contribution in [0.4, 0.5) is 5.69 Å². The van der Waals surface area contributed by atoms with Crippen LogP contribution in [0.1, 0.15) is 45.4 Å². The van der Waals surface area contributed by atoms with Crippen molar-refractivity contribution in [2.75, 3.05) is 5.32 Å². The van der Waals surface area contributed by atoms with E-state index < -0.39 is 5.60 Å². The van der Waals surface area contributed by atoms with Crippen LogP contribution >= 0.6 is 11.6 Å². The Balaban J connectivity index is 1.90. The van der Waals surface area contributed by atoms with Crippen molar-refractivity contribution in [3.63, 3.8) is 0 Å². The Labute approximate surface area is 140 Å². The zero-order valence-corrected chi connectivity index (χ0v) is 13.9. The van der Waals surface area contributed by atoms with Crippen LogP contribution in [0.15, 0.2) is 35.4 Å². The maximum absolute atomic E-state index is 12.8. The highest BCUT2D eigenvalue weighted by atomic mass is 35.5. The number of carbonyl (C=O) groups is 2. The molecule has 122 valence electrons. The van der Waals surface area contributed by atoms with Gasteiger partial charge in [0.15, 0.2) is 0 Å². The number of anilines is 1. The predicted octanol–water partition coefficient (Wildman–Crippen LogP) is 4.24. The smallest absolute Gasteiger partial charge is 0.335 e. The van der Waals surface area contributed by atoms with Crippen molar-refractivity contribution in [2.45, 2.75) is 51.0 Å². The van der Waals surface area contributed by atoms with Gasteiger partial charge in [0.05, 0.1) is 5.57 Å². The number of halogens is 1. The third-order valence-electron chi connectivity index (χ3n) is 4.65. The Morgan fingerprint density at radius 3 is 2.57 bits per heavy atom. The highest BCUT2D eigenvalue weighted by Crippen LogP contribution is 2.43. The summed E-state index contributed by atoms with van der Waals surface area (Å²) in [6.45, 7) is 1.68. The number of hydrogen-bond donors (Lipinski definition) is 1. The first kappa shape index (κ1) is 16.1. The Hall–Kier alpha value is -1.81. The highest BCUT2D eigenvalue weighted by Gasteiger charge is 2.48. The zero-order chi connectivity index (χ0) is 16.4. The second-order valence-electron chi connectivity index (χ2n) is 6.26. The van der Waals surface area contributed by atoms with Gasteiger partial charge in [0.1, 0.15) is 5.60 Å². The third-order valence-corrected chi connectivity index (χ3v) is 4.88. The van der Waals surface area contributed by atoms with Crippen LogP contribution in [0, 0.1) is 0 Å². The summed E-state index contributed by atoms with van der Waals surface area (Å²) in [5.74, 6) is -0.638. The minimum atomic E-state index is -0.750. The monoisotopic (exact) mass is 333 g/mol. The lowest BCUT2D eigenvalue weighted by atomic mass is 9.84. The molecule has 0 radical (unpaired) electrons. The number of amides is 1. The molecule has 23 heavy (non-hydrogen) atoms. The van der Waals surface area contributed by atoms with Crippen LogP contribution in [0.25, 0.3) is 0 Å². The number of esters is 1. The fourth-order valence-corrected chi connectivity index (χ4v) is 3.73. The highest BCUT2D eigenvalue weighted by molar-refractivity contribution is 6.31. The van der Waals surface area contributed by atoms with E-state index in [9.17, 15) is 9.59 Å². The summed E-state index contributed by atoms with van der Waals surface area (Å²) in [4.78, 5) is 24.9. The molecular formula is C18H20ClNO3. The van der Waals surface area contributed by atoms with Crippen molar-refractivity contribution in [1.82, 2.24) is 0 Å². The number of benzene rings is 1. The molecule has 1 N–H and O–H groups in total. The summed E-state index contributed by atoms with van der Waals surface area (Å²) < 4.78 is 5.68. The molecule has 1 saturated carbocycles. The molecular weight excluding hydrogens is 314 g/mol. The summed E-state index contributed by atoms with van der Waals surface area (Å²) in [6.07, 6.45) is 5.59. The number of carbonyl (C=O) groups excluding carboxylic acids is 2. The van der Waals surface area contributed by atoms with Crippen molar-refractivity contribution in [3.05, 3.63) is 40.4 Å². The fraction of sp³-hybridized carbons (Fsp3) is 0.444. The molecule has 1 aliphatic heterocycles. The van der Waals surface area contributed by atoms with Gasteiger partial charge in [0.25, 0.3) is 5.91 Å². The number of nitrogens with one attached hydrogen (secondary N) is 1. The van der Waals surface area contributed by atoms with Crippen molar-refractivity contribution < 1.29 is 14.3 Å². The van der Waals surface area contributed by atoms with Crippen molar-refractivity contribution in [1.29, 1.82) is 0 Å². The first-order chi connectivity index (χ1) is 11.0. The molecule has 1 aromatic rings. The van der Waals surface area contributed by atoms with E-state index in [-0.39, 0.29) is 11.9 Å². The van der Waals surface area contributed by atoms with Crippen molar-refractivity contribution in [3.8, 4) is 0 Å². The largest absolute Gasteiger partial charge is 0.451 e. The molecule has 4 nitrogen and oxygen atoms in total. The second-order valence-corrected chi connectivity index (χ2v) is 6.70. The van der Waals surface area contributed by atoms with E-state index in [4.69, 9.17) is 16.3 Å². The standard InChI is InChI=1S/C18H20ClNO3/c1-12-15(16(21)20-14-8-6-7-13(19)11-14)18(23-17(12)22)9-4-2-3-5-10-18/h6-8,11H,2-5,9-10H2,1H3,(H,20,21). The lowest BCUT2D eigenvalue weighted by Crippen LogP contribution is -2.36. The van der Waals surface area contributed by atoms with Gasteiger partial charge < -0.3 is 10.1 Å². The molecule has 0 unspecified atom stereocenters. The van der Waals surface area contributed by atoms with E-state index >= 15 is 0 Å². The minimum absolute atomic E-state index is 0.266. The third kappa shape index (κ3) is 3.13. The lowest BCUT2D eigenvalue weighted by Gasteiger charge is -2.29. The van der Waals surface area contributed by atoms with Gasteiger partial charge in [0, 0.05) is 16.3 Å². The van der Waals surface area contributed by atoms with Crippen molar-refractivity contribution >= 4 is 29.2 Å². The Morgan fingerprint density at radius 2 is 1.91 bits per heavy atom. The molecule has 5 heteroatoms. The minimum Gasteiger partial charge on any atom is -0.451 e. The van der Waals surface area contributed by atoms with E-state index in [0.29, 0.717) is 34.7 Å². The molecule has 3 rings (SSSR count). The quantitative estimate of drug-likeness (QED) is 0.823. The summed E-state index contributed by atoms with van der Waals surface area (Å²) in [6, 6.07) is 6.98. The molecule has 1 fully saturated rings. The van der Waals surface area contributed by atoms with E-state index in [2.05, 4.69) is 5.32 Å². The van der Waals surface area contributed by atoms with Crippen LogP contribution in [0.3, 0.4) is 0 Å². The average molecular weight is 334 g/mol. The van der Waals surface area contributed by atoms with Gasteiger partial charge in [0.2, 0.25) is 0 Å². The van der Waals surface area contributed by atoms with Crippen LogP contribution in [0.5, 0.6) is 0 Å². The number of hydrogen-bond acceptors (Lipinski definition) is 3. The van der Waals surface area contributed by atoms with Gasteiger partial charge in [-0.05, 0) is 50.8 Å². The maximum atomic E-state index is 12.8. The zero-order valence-electron chi connectivity index (χ0n) is 13.2. The van der Waals surface area contributed by atoms with E-state index in [1.807, 2.05) is 0 Å². The van der Waals surface area contributed by atoms with Gasteiger partial charge in [-0.3, -0.25) is 4.79 Å². The molecule has 0 atom stereocenters. The Bertz CT molecular complexity index is 673. The summed E-state index contributed by atoms with van der Waals surface area (Å²) in [5, 5.41) is 3.41. The van der Waals surface area contributed by atoms with Gasteiger partial charge in [-0.2, -0.15) is 0 Å². The van der Waals surface area contributed by atoms with Gasteiger partial charge in [-0.1, -0.05) is 30.5 Å². The van der Waals surface area contributed by atoms with Gasteiger partial charge >= 0.3 is 5.97 Å². The Morgan fingerprint density at radius 1 is 1.22 bits per heavy atom. The molecule has 1 heterocycles. The van der Waals surface area contributed by atoms with Crippen LogP contribution in [-0.4, -0.2) is 17.5 Å². The van der Waals surface area contributed by atoms with E-state index in [1.54, 1.807) is 31.2 Å². The fourth-order valence-electron chi connectivity index (χ4n) is 3.54. The summed E-state index contributed by atoms with van der Waals surface area (Å²) in [7, 11) is 0. The molecule has 1 spiro atoms.